The maximum atomic E-state index is 13.0. The van der Waals surface area contributed by atoms with E-state index in [-0.39, 0.29) is 5.91 Å². The topological polar surface area (TPSA) is 119 Å². The molecular weight excluding hydrogens is 398 g/mol. The molecule has 1 aromatic carbocycles. The smallest absolute Gasteiger partial charge is 0.254 e. The average molecular weight is 417 g/mol. The Labute approximate surface area is 177 Å². The Morgan fingerprint density at radius 3 is 2.65 bits per heavy atom. The molecule has 0 spiro atoms. The molecule has 4 heterocycles. The van der Waals surface area contributed by atoms with E-state index in [2.05, 4.69) is 35.5 Å². The summed E-state index contributed by atoms with van der Waals surface area (Å²) in [6.45, 7) is 4.38. The number of aromatic nitrogens is 7. The number of pyridine rings is 1. The van der Waals surface area contributed by atoms with Crippen LogP contribution in [0.5, 0.6) is 0 Å². The van der Waals surface area contributed by atoms with E-state index in [0.717, 1.165) is 17.1 Å². The van der Waals surface area contributed by atoms with Crippen LogP contribution in [-0.4, -0.2) is 72.3 Å². The van der Waals surface area contributed by atoms with Gasteiger partial charge in [-0.05, 0) is 40.8 Å². The number of tetrazole rings is 1. The lowest BCUT2D eigenvalue weighted by atomic mass is 10.1. The minimum absolute atomic E-state index is 0.00893. The third kappa shape index (κ3) is 3.84. The van der Waals surface area contributed by atoms with Gasteiger partial charge in [0.15, 0.2) is 0 Å². The number of benzene rings is 1. The lowest BCUT2D eigenvalue weighted by molar-refractivity contribution is 0.0746. The minimum Gasteiger partial charge on any atom is -0.353 e. The quantitative estimate of drug-likeness (QED) is 0.485. The fourth-order valence-corrected chi connectivity index (χ4v) is 3.50. The average Bonchev–Trinajstić information content (AvgIpc) is 3.51. The largest absolute Gasteiger partial charge is 0.353 e. The van der Waals surface area contributed by atoms with Gasteiger partial charge in [0.2, 0.25) is 11.7 Å². The highest BCUT2D eigenvalue weighted by Gasteiger charge is 2.23. The Kier molecular flexibility index (Phi) is 4.83. The Bertz CT molecular complexity index is 1180. The summed E-state index contributed by atoms with van der Waals surface area (Å²) in [5, 5.41) is 15.1. The highest BCUT2D eigenvalue weighted by Crippen LogP contribution is 2.20. The first-order chi connectivity index (χ1) is 15.2. The van der Waals surface area contributed by atoms with Crippen molar-refractivity contribution in [1.82, 2.24) is 40.2 Å². The van der Waals surface area contributed by atoms with E-state index in [4.69, 9.17) is 4.52 Å². The van der Waals surface area contributed by atoms with Crippen LogP contribution in [0, 0.1) is 6.92 Å². The number of anilines is 1. The Hall–Kier alpha value is -4.15. The maximum absolute atomic E-state index is 13.0. The highest BCUT2D eigenvalue weighted by atomic mass is 16.5. The Balaban J connectivity index is 1.23. The lowest BCUT2D eigenvalue weighted by Gasteiger charge is -2.35. The van der Waals surface area contributed by atoms with Crippen LogP contribution in [0.1, 0.15) is 16.2 Å². The summed E-state index contributed by atoms with van der Waals surface area (Å²) in [5.74, 6) is 1.89. The summed E-state index contributed by atoms with van der Waals surface area (Å²) in [6.07, 6.45) is 3.24. The molecule has 0 radical (unpaired) electrons. The molecule has 0 N–H and O–H groups in total. The van der Waals surface area contributed by atoms with Crippen LogP contribution in [0.4, 0.5) is 5.82 Å². The molecule has 0 saturated carbocycles. The second kappa shape index (κ2) is 7.94. The van der Waals surface area contributed by atoms with Crippen LogP contribution >= 0.6 is 0 Å². The number of piperazine rings is 1. The Morgan fingerprint density at radius 2 is 1.97 bits per heavy atom. The van der Waals surface area contributed by atoms with E-state index in [0.29, 0.717) is 43.5 Å². The number of rotatable bonds is 4. The standard InChI is InChI=1S/C20H19N9O2/c1-14-23-19(24-31-14)16-5-6-18(21-12-16)27-7-9-28(10-8-27)20(30)15-3-2-4-17(11-15)29-13-22-25-26-29/h2-6,11-13H,7-10H2,1H3. The summed E-state index contributed by atoms with van der Waals surface area (Å²) >= 11 is 0. The van der Waals surface area contributed by atoms with Crippen LogP contribution < -0.4 is 4.90 Å². The first kappa shape index (κ1) is 18.9. The van der Waals surface area contributed by atoms with Crippen LogP contribution in [-0.2, 0) is 0 Å². The summed E-state index contributed by atoms with van der Waals surface area (Å²) in [6, 6.07) is 11.2. The first-order valence-electron chi connectivity index (χ1n) is 9.82. The van der Waals surface area contributed by atoms with Gasteiger partial charge in [0.25, 0.3) is 5.91 Å². The summed E-state index contributed by atoms with van der Waals surface area (Å²) < 4.78 is 6.54. The van der Waals surface area contributed by atoms with Crippen molar-refractivity contribution in [2.75, 3.05) is 31.1 Å². The molecule has 11 heteroatoms. The predicted molar refractivity (Wildman–Crippen MR) is 110 cm³/mol. The summed E-state index contributed by atoms with van der Waals surface area (Å²) in [7, 11) is 0. The van der Waals surface area contributed by atoms with Crippen molar-refractivity contribution in [3.8, 4) is 17.1 Å². The van der Waals surface area contributed by atoms with E-state index >= 15 is 0 Å². The van der Waals surface area contributed by atoms with Crippen molar-refractivity contribution in [3.05, 3.63) is 60.4 Å². The molecule has 0 unspecified atom stereocenters. The van der Waals surface area contributed by atoms with Gasteiger partial charge in [-0.1, -0.05) is 11.2 Å². The van der Waals surface area contributed by atoms with Crippen LogP contribution in [0.15, 0.2) is 53.4 Å². The first-order valence-corrected chi connectivity index (χ1v) is 9.82. The van der Waals surface area contributed by atoms with Crippen molar-refractivity contribution in [2.24, 2.45) is 0 Å². The number of hydrogen-bond donors (Lipinski definition) is 0. The molecule has 156 valence electrons. The second-order valence-electron chi connectivity index (χ2n) is 7.13. The molecular formula is C20H19N9O2. The molecule has 5 rings (SSSR count). The number of carbonyl (C=O) groups excluding carboxylic acids is 1. The van der Waals surface area contributed by atoms with Gasteiger partial charge in [0.1, 0.15) is 12.1 Å². The monoisotopic (exact) mass is 417 g/mol. The van der Waals surface area contributed by atoms with E-state index < -0.39 is 0 Å². The molecule has 1 aliphatic heterocycles. The normalized spacial score (nSPS) is 14.1. The minimum atomic E-state index is -0.00893. The van der Waals surface area contributed by atoms with Gasteiger partial charge in [0.05, 0.1) is 5.69 Å². The van der Waals surface area contributed by atoms with Crippen LogP contribution in [0.3, 0.4) is 0 Å². The van der Waals surface area contributed by atoms with Crippen molar-refractivity contribution >= 4 is 11.7 Å². The van der Waals surface area contributed by atoms with Gasteiger partial charge < -0.3 is 14.3 Å². The number of amides is 1. The molecule has 0 atom stereocenters. The zero-order valence-electron chi connectivity index (χ0n) is 16.8. The molecule has 4 aromatic rings. The number of nitrogens with zero attached hydrogens (tertiary/aromatic N) is 9. The van der Waals surface area contributed by atoms with Gasteiger partial charge in [-0.2, -0.15) is 4.98 Å². The predicted octanol–water partition coefficient (Wildman–Crippen LogP) is 1.38. The lowest BCUT2D eigenvalue weighted by Crippen LogP contribution is -2.49. The zero-order valence-corrected chi connectivity index (χ0v) is 16.8. The molecule has 1 amide bonds. The van der Waals surface area contributed by atoms with E-state index in [9.17, 15) is 4.79 Å². The van der Waals surface area contributed by atoms with Crippen LogP contribution in [0.25, 0.3) is 17.1 Å². The fraction of sp³-hybridized carbons (Fsp3) is 0.250. The van der Waals surface area contributed by atoms with Gasteiger partial charge in [-0.25, -0.2) is 9.67 Å². The van der Waals surface area contributed by atoms with Gasteiger partial charge in [-0.3, -0.25) is 4.79 Å². The Morgan fingerprint density at radius 1 is 1.10 bits per heavy atom. The molecule has 0 bridgehead atoms. The number of hydrogen-bond acceptors (Lipinski definition) is 9. The third-order valence-electron chi connectivity index (χ3n) is 5.13. The maximum Gasteiger partial charge on any atom is 0.254 e. The van der Waals surface area contributed by atoms with Crippen molar-refractivity contribution in [2.45, 2.75) is 6.92 Å². The van der Waals surface area contributed by atoms with Crippen molar-refractivity contribution in [3.63, 3.8) is 0 Å². The SMILES string of the molecule is Cc1nc(-c2ccc(N3CCN(C(=O)c4cccc(-n5cnnn5)c4)CC3)nc2)no1. The highest BCUT2D eigenvalue weighted by molar-refractivity contribution is 5.95. The number of carbonyl (C=O) groups is 1. The van der Waals surface area contributed by atoms with Gasteiger partial charge in [0, 0.05) is 50.4 Å². The fourth-order valence-electron chi connectivity index (χ4n) is 3.50. The molecule has 11 nitrogen and oxygen atoms in total. The van der Waals surface area contributed by atoms with Gasteiger partial charge in [-0.15, -0.1) is 5.10 Å². The second-order valence-corrected chi connectivity index (χ2v) is 7.13. The molecule has 31 heavy (non-hydrogen) atoms. The molecule has 1 aliphatic rings. The summed E-state index contributed by atoms with van der Waals surface area (Å²) in [5.41, 5.74) is 2.16. The summed E-state index contributed by atoms with van der Waals surface area (Å²) in [4.78, 5) is 25.7. The molecule has 1 saturated heterocycles. The van der Waals surface area contributed by atoms with E-state index in [1.807, 2.05) is 35.2 Å². The third-order valence-corrected chi connectivity index (χ3v) is 5.13. The zero-order chi connectivity index (χ0) is 21.2. The van der Waals surface area contributed by atoms with E-state index in [1.54, 1.807) is 19.2 Å². The van der Waals surface area contributed by atoms with Crippen LogP contribution in [0.2, 0.25) is 0 Å². The van der Waals surface area contributed by atoms with Crippen molar-refractivity contribution in [1.29, 1.82) is 0 Å². The molecule has 3 aromatic heterocycles. The molecule has 0 aliphatic carbocycles. The van der Waals surface area contributed by atoms with Gasteiger partial charge >= 0.3 is 0 Å². The molecule has 1 fully saturated rings. The van der Waals surface area contributed by atoms with Crippen molar-refractivity contribution < 1.29 is 9.32 Å². The number of aryl methyl sites for hydroxylation is 1. The van der Waals surface area contributed by atoms with E-state index in [1.165, 1.54) is 11.0 Å².